The van der Waals surface area contributed by atoms with Crippen LogP contribution < -0.4 is 5.32 Å². The van der Waals surface area contributed by atoms with E-state index in [0.29, 0.717) is 19.4 Å². The van der Waals surface area contributed by atoms with Crippen LogP contribution in [0.5, 0.6) is 0 Å². The van der Waals surface area contributed by atoms with Crippen LogP contribution in [0.4, 0.5) is 4.79 Å². The van der Waals surface area contributed by atoms with E-state index in [1.807, 2.05) is 0 Å². The molecule has 0 aromatic heterocycles. The minimum Gasteiger partial charge on any atom is -0.376 e. The Bertz CT molecular complexity index is 438. The first-order valence-corrected chi connectivity index (χ1v) is 7.42. The monoisotopic (exact) mass is 280 g/mol. The van der Waals surface area contributed by atoms with Gasteiger partial charge in [0.05, 0.1) is 19.3 Å². The molecule has 0 bridgehead atoms. The lowest BCUT2D eigenvalue weighted by Gasteiger charge is -2.31. The standard InChI is InChI=1S/C14H20N2O4/c17-11-14(6-7-14)12(18)16(13(19)15-11)8-9-20-10-4-2-1-3-5-10/h10H,1-9H2,(H,15,17,19). The number of carbonyl (C=O) groups is 3. The zero-order valence-electron chi connectivity index (χ0n) is 11.5. The number of hydrogen-bond donors (Lipinski definition) is 1. The number of imide groups is 2. The van der Waals surface area contributed by atoms with Gasteiger partial charge >= 0.3 is 6.03 Å². The van der Waals surface area contributed by atoms with Crippen LogP contribution in [0.3, 0.4) is 0 Å². The van der Waals surface area contributed by atoms with Crippen molar-refractivity contribution in [1.82, 2.24) is 10.2 Å². The molecule has 1 aliphatic heterocycles. The third-order valence-corrected chi connectivity index (χ3v) is 4.53. The van der Waals surface area contributed by atoms with E-state index >= 15 is 0 Å². The van der Waals surface area contributed by atoms with Crippen molar-refractivity contribution in [2.75, 3.05) is 13.2 Å². The Morgan fingerprint density at radius 2 is 1.85 bits per heavy atom. The summed E-state index contributed by atoms with van der Waals surface area (Å²) in [5, 5.41) is 2.27. The lowest BCUT2D eigenvalue weighted by atomic mass is 9.98. The van der Waals surface area contributed by atoms with Crippen LogP contribution in [-0.2, 0) is 14.3 Å². The summed E-state index contributed by atoms with van der Waals surface area (Å²) in [5.41, 5.74) is -0.946. The van der Waals surface area contributed by atoms with Gasteiger partial charge in [-0.1, -0.05) is 19.3 Å². The maximum absolute atomic E-state index is 12.2. The van der Waals surface area contributed by atoms with Gasteiger partial charge in [0, 0.05) is 0 Å². The van der Waals surface area contributed by atoms with Crippen LogP contribution in [0.15, 0.2) is 0 Å². The van der Waals surface area contributed by atoms with E-state index in [-0.39, 0.29) is 18.6 Å². The molecule has 2 aliphatic carbocycles. The average molecular weight is 280 g/mol. The number of hydrogen-bond acceptors (Lipinski definition) is 4. The van der Waals surface area contributed by atoms with Crippen molar-refractivity contribution in [3.63, 3.8) is 0 Å². The van der Waals surface area contributed by atoms with E-state index in [1.165, 1.54) is 19.3 Å². The van der Waals surface area contributed by atoms with Crippen LogP contribution in [0, 0.1) is 5.41 Å². The number of rotatable bonds is 4. The first kappa shape index (κ1) is 13.5. The SMILES string of the molecule is O=C1NC(=O)C2(CC2)C(=O)N1CCOC1CCCCC1. The Balaban J connectivity index is 1.52. The summed E-state index contributed by atoms with van der Waals surface area (Å²) in [5.74, 6) is -0.782. The highest BCUT2D eigenvalue weighted by molar-refractivity contribution is 6.20. The molecule has 3 aliphatic rings. The van der Waals surface area contributed by atoms with Crippen molar-refractivity contribution in [2.45, 2.75) is 51.0 Å². The lowest BCUT2D eigenvalue weighted by molar-refractivity contribution is -0.145. The number of urea groups is 1. The molecule has 0 atom stereocenters. The molecule has 4 amide bonds. The quantitative estimate of drug-likeness (QED) is 0.785. The van der Waals surface area contributed by atoms with E-state index in [2.05, 4.69) is 5.32 Å². The molecule has 0 aromatic carbocycles. The zero-order valence-corrected chi connectivity index (χ0v) is 11.5. The van der Waals surface area contributed by atoms with Gasteiger partial charge in [0.25, 0.3) is 0 Å². The van der Waals surface area contributed by atoms with Gasteiger partial charge in [-0.2, -0.15) is 0 Å². The number of amides is 4. The maximum Gasteiger partial charge on any atom is 0.330 e. The predicted octanol–water partition coefficient (Wildman–Crippen LogP) is 1.19. The molecular formula is C14H20N2O4. The molecular weight excluding hydrogens is 260 g/mol. The molecule has 0 radical (unpaired) electrons. The highest BCUT2D eigenvalue weighted by Gasteiger charge is 2.62. The molecule has 110 valence electrons. The Morgan fingerprint density at radius 3 is 2.50 bits per heavy atom. The summed E-state index contributed by atoms with van der Waals surface area (Å²) in [6.45, 7) is 0.588. The van der Waals surface area contributed by atoms with Gasteiger partial charge in [0.15, 0.2) is 0 Å². The summed E-state index contributed by atoms with van der Waals surface area (Å²) in [6, 6.07) is -0.607. The highest BCUT2D eigenvalue weighted by Crippen LogP contribution is 2.48. The van der Waals surface area contributed by atoms with Crippen LogP contribution in [0.2, 0.25) is 0 Å². The molecule has 1 saturated heterocycles. The second-order valence-corrected chi connectivity index (χ2v) is 5.93. The summed E-state index contributed by atoms with van der Waals surface area (Å²) in [7, 11) is 0. The van der Waals surface area contributed by atoms with Gasteiger partial charge in [-0.05, 0) is 25.7 Å². The third kappa shape index (κ3) is 2.32. The van der Waals surface area contributed by atoms with Crippen molar-refractivity contribution < 1.29 is 19.1 Å². The smallest absolute Gasteiger partial charge is 0.330 e. The lowest BCUT2D eigenvalue weighted by Crippen LogP contribution is -2.59. The molecule has 6 nitrogen and oxygen atoms in total. The second kappa shape index (κ2) is 5.16. The number of ether oxygens (including phenoxy) is 1. The molecule has 1 spiro atoms. The molecule has 2 saturated carbocycles. The van der Waals surface area contributed by atoms with Crippen LogP contribution >= 0.6 is 0 Å². The fourth-order valence-corrected chi connectivity index (χ4v) is 3.04. The van der Waals surface area contributed by atoms with E-state index in [1.54, 1.807) is 0 Å². The average Bonchev–Trinajstić information content (AvgIpc) is 3.24. The highest BCUT2D eigenvalue weighted by atomic mass is 16.5. The Labute approximate surface area is 117 Å². The van der Waals surface area contributed by atoms with Crippen molar-refractivity contribution >= 4 is 17.8 Å². The number of barbiturate groups is 1. The third-order valence-electron chi connectivity index (χ3n) is 4.53. The van der Waals surface area contributed by atoms with Gasteiger partial charge < -0.3 is 4.74 Å². The molecule has 6 heteroatoms. The molecule has 1 N–H and O–H groups in total. The van der Waals surface area contributed by atoms with Gasteiger partial charge in [-0.15, -0.1) is 0 Å². The number of nitrogens with one attached hydrogen (secondary N) is 1. The van der Waals surface area contributed by atoms with Crippen molar-refractivity contribution in [3.8, 4) is 0 Å². The van der Waals surface area contributed by atoms with E-state index in [9.17, 15) is 14.4 Å². The van der Waals surface area contributed by atoms with Gasteiger partial charge in [0.1, 0.15) is 5.41 Å². The van der Waals surface area contributed by atoms with Crippen LogP contribution in [0.25, 0.3) is 0 Å². The molecule has 20 heavy (non-hydrogen) atoms. The first-order chi connectivity index (χ1) is 9.63. The minimum absolute atomic E-state index is 0.232. The molecule has 3 fully saturated rings. The Hall–Kier alpha value is -1.43. The Morgan fingerprint density at radius 1 is 1.15 bits per heavy atom. The zero-order chi connectivity index (χ0) is 14.2. The minimum atomic E-state index is -0.946. The van der Waals surface area contributed by atoms with E-state index in [0.717, 1.165) is 17.7 Å². The van der Waals surface area contributed by atoms with Crippen molar-refractivity contribution in [2.24, 2.45) is 5.41 Å². The maximum atomic E-state index is 12.2. The summed E-state index contributed by atoms with van der Waals surface area (Å²) in [6.07, 6.45) is 7.10. The predicted molar refractivity (Wildman–Crippen MR) is 69.7 cm³/mol. The Kier molecular flexibility index (Phi) is 3.50. The topological polar surface area (TPSA) is 75.7 Å². The van der Waals surface area contributed by atoms with Crippen LogP contribution in [0.1, 0.15) is 44.9 Å². The van der Waals surface area contributed by atoms with Gasteiger partial charge in [0.2, 0.25) is 11.8 Å². The van der Waals surface area contributed by atoms with Gasteiger partial charge in [-0.3, -0.25) is 19.8 Å². The summed E-state index contributed by atoms with van der Waals surface area (Å²) in [4.78, 5) is 36.7. The summed E-state index contributed by atoms with van der Waals surface area (Å²) < 4.78 is 5.74. The van der Waals surface area contributed by atoms with E-state index in [4.69, 9.17) is 4.74 Å². The van der Waals surface area contributed by atoms with Crippen LogP contribution in [-0.4, -0.2) is 42.0 Å². The molecule has 3 rings (SSSR count). The summed E-state index contributed by atoms with van der Waals surface area (Å²) >= 11 is 0. The molecule has 1 heterocycles. The van der Waals surface area contributed by atoms with Gasteiger partial charge in [-0.25, -0.2) is 4.79 Å². The number of carbonyl (C=O) groups excluding carboxylic acids is 3. The first-order valence-electron chi connectivity index (χ1n) is 7.42. The second-order valence-electron chi connectivity index (χ2n) is 5.93. The van der Waals surface area contributed by atoms with Crippen molar-refractivity contribution in [1.29, 1.82) is 0 Å². The van der Waals surface area contributed by atoms with E-state index < -0.39 is 17.4 Å². The fraction of sp³-hybridized carbons (Fsp3) is 0.786. The fourth-order valence-electron chi connectivity index (χ4n) is 3.04. The normalized spacial score (nSPS) is 26.0. The number of nitrogens with zero attached hydrogens (tertiary/aromatic N) is 1. The molecule has 0 aromatic rings. The molecule has 0 unspecified atom stereocenters. The van der Waals surface area contributed by atoms with Crippen molar-refractivity contribution in [3.05, 3.63) is 0 Å². The largest absolute Gasteiger partial charge is 0.376 e.